The van der Waals surface area contributed by atoms with Crippen molar-refractivity contribution < 1.29 is 8.42 Å². The SMILES string of the molecule is CCCS(=O)(=O)N1CCC(Nc2cccc(C)c2)CC1. The quantitative estimate of drug-likeness (QED) is 0.908. The molecule has 1 aliphatic rings. The van der Waals surface area contributed by atoms with Crippen molar-refractivity contribution in [3.8, 4) is 0 Å². The second-order valence-electron chi connectivity index (χ2n) is 5.50. The maximum Gasteiger partial charge on any atom is 0.214 e. The molecule has 1 N–H and O–H groups in total. The Hall–Kier alpha value is -1.07. The van der Waals surface area contributed by atoms with Gasteiger partial charge in [-0.05, 0) is 43.9 Å². The summed E-state index contributed by atoms with van der Waals surface area (Å²) in [7, 11) is -3.03. The summed E-state index contributed by atoms with van der Waals surface area (Å²) in [4.78, 5) is 0. The number of aryl methyl sites for hydroxylation is 1. The van der Waals surface area contributed by atoms with Gasteiger partial charge in [0.25, 0.3) is 0 Å². The normalized spacial score (nSPS) is 18.1. The number of piperidine rings is 1. The molecule has 1 aromatic rings. The van der Waals surface area contributed by atoms with E-state index in [9.17, 15) is 8.42 Å². The van der Waals surface area contributed by atoms with Gasteiger partial charge in [0.05, 0.1) is 5.75 Å². The third-order valence-electron chi connectivity index (χ3n) is 3.70. The van der Waals surface area contributed by atoms with Crippen LogP contribution in [0.2, 0.25) is 0 Å². The minimum absolute atomic E-state index is 0.267. The van der Waals surface area contributed by atoms with Crippen LogP contribution in [-0.2, 0) is 10.0 Å². The highest BCUT2D eigenvalue weighted by Gasteiger charge is 2.27. The second-order valence-corrected chi connectivity index (χ2v) is 7.59. The van der Waals surface area contributed by atoms with E-state index in [2.05, 4.69) is 30.4 Å². The van der Waals surface area contributed by atoms with Crippen molar-refractivity contribution in [1.29, 1.82) is 0 Å². The van der Waals surface area contributed by atoms with Crippen molar-refractivity contribution >= 4 is 15.7 Å². The van der Waals surface area contributed by atoms with Crippen molar-refractivity contribution in [3.63, 3.8) is 0 Å². The first kappa shape index (κ1) is 15.3. The molecule has 0 aromatic heterocycles. The van der Waals surface area contributed by atoms with E-state index < -0.39 is 10.0 Å². The van der Waals surface area contributed by atoms with Gasteiger partial charge in [0, 0.05) is 24.8 Å². The van der Waals surface area contributed by atoms with E-state index in [0.717, 1.165) is 18.5 Å². The van der Waals surface area contributed by atoms with E-state index in [1.807, 2.05) is 13.0 Å². The number of nitrogens with zero attached hydrogens (tertiary/aromatic N) is 1. The first-order valence-corrected chi connectivity index (χ1v) is 8.93. The molecule has 0 unspecified atom stereocenters. The van der Waals surface area contributed by atoms with Crippen LogP contribution in [-0.4, -0.2) is 37.6 Å². The molecule has 1 saturated heterocycles. The van der Waals surface area contributed by atoms with Gasteiger partial charge >= 0.3 is 0 Å². The lowest BCUT2D eigenvalue weighted by Gasteiger charge is -2.32. The van der Waals surface area contributed by atoms with Gasteiger partial charge in [-0.25, -0.2) is 12.7 Å². The molecule has 0 atom stereocenters. The highest BCUT2D eigenvalue weighted by molar-refractivity contribution is 7.89. The Bertz CT molecular complexity index is 535. The molecule has 2 rings (SSSR count). The smallest absolute Gasteiger partial charge is 0.214 e. The summed E-state index contributed by atoms with van der Waals surface area (Å²) < 4.78 is 25.6. The molecule has 0 bridgehead atoms. The fraction of sp³-hybridized carbons (Fsp3) is 0.600. The number of nitrogens with one attached hydrogen (secondary N) is 1. The highest BCUT2D eigenvalue weighted by atomic mass is 32.2. The van der Waals surface area contributed by atoms with Gasteiger partial charge in [0.2, 0.25) is 10.0 Å². The minimum Gasteiger partial charge on any atom is -0.382 e. The molecule has 0 amide bonds. The zero-order valence-corrected chi connectivity index (χ0v) is 13.1. The molecule has 1 heterocycles. The first-order chi connectivity index (χ1) is 9.51. The Morgan fingerprint density at radius 3 is 2.60 bits per heavy atom. The zero-order chi connectivity index (χ0) is 14.6. The Balaban J connectivity index is 1.89. The van der Waals surface area contributed by atoms with Crippen molar-refractivity contribution in [2.75, 3.05) is 24.2 Å². The summed E-state index contributed by atoms with van der Waals surface area (Å²) in [6, 6.07) is 8.67. The number of sulfonamides is 1. The van der Waals surface area contributed by atoms with Crippen LogP contribution in [0.4, 0.5) is 5.69 Å². The fourth-order valence-corrected chi connectivity index (χ4v) is 4.18. The van der Waals surface area contributed by atoms with E-state index in [4.69, 9.17) is 0 Å². The van der Waals surface area contributed by atoms with E-state index in [-0.39, 0.29) is 5.75 Å². The molecule has 20 heavy (non-hydrogen) atoms. The molecular formula is C15H24N2O2S. The molecule has 4 nitrogen and oxygen atoms in total. The van der Waals surface area contributed by atoms with E-state index in [1.54, 1.807) is 4.31 Å². The van der Waals surface area contributed by atoms with E-state index in [0.29, 0.717) is 25.6 Å². The van der Waals surface area contributed by atoms with Gasteiger partial charge in [-0.3, -0.25) is 0 Å². The lowest BCUT2D eigenvalue weighted by atomic mass is 10.1. The van der Waals surface area contributed by atoms with Crippen LogP contribution >= 0.6 is 0 Å². The number of anilines is 1. The van der Waals surface area contributed by atoms with Crippen molar-refractivity contribution in [2.45, 2.75) is 39.2 Å². The maximum atomic E-state index is 12.0. The summed E-state index contributed by atoms with van der Waals surface area (Å²) in [5.41, 5.74) is 2.36. The van der Waals surface area contributed by atoms with Crippen LogP contribution in [0.25, 0.3) is 0 Å². The van der Waals surface area contributed by atoms with Gasteiger partial charge < -0.3 is 5.32 Å². The first-order valence-electron chi connectivity index (χ1n) is 7.32. The van der Waals surface area contributed by atoms with Crippen molar-refractivity contribution in [1.82, 2.24) is 4.31 Å². The molecule has 5 heteroatoms. The highest BCUT2D eigenvalue weighted by Crippen LogP contribution is 2.19. The van der Waals surface area contributed by atoms with Crippen LogP contribution in [0.5, 0.6) is 0 Å². The lowest BCUT2D eigenvalue weighted by molar-refractivity contribution is 0.329. The summed E-state index contributed by atoms with van der Waals surface area (Å²) >= 11 is 0. The summed E-state index contributed by atoms with van der Waals surface area (Å²) in [5, 5.41) is 3.50. The summed E-state index contributed by atoms with van der Waals surface area (Å²) in [6.45, 7) is 5.24. The molecule has 1 fully saturated rings. The number of benzene rings is 1. The standard InChI is InChI=1S/C15H24N2O2S/c1-3-11-20(18,19)17-9-7-14(8-10-17)16-15-6-4-5-13(2)12-15/h4-6,12,14,16H,3,7-11H2,1-2H3. The summed E-state index contributed by atoms with van der Waals surface area (Å²) in [6.07, 6.45) is 2.43. The van der Waals surface area contributed by atoms with E-state index >= 15 is 0 Å². The Morgan fingerprint density at radius 1 is 1.30 bits per heavy atom. The Kier molecular flexibility index (Phi) is 5.05. The minimum atomic E-state index is -3.03. The predicted octanol–water partition coefficient (Wildman–Crippen LogP) is 2.61. The Labute approximate surface area is 122 Å². The van der Waals surface area contributed by atoms with Gasteiger partial charge in [-0.2, -0.15) is 0 Å². The van der Waals surface area contributed by atoms with Gasteiger partial charge in [-0.15, -0.1) is 0 Å². The number of rotatable bonds is 5. The fourth-order valence-electron chi connectivity index (χ4n) is 2.64. The largest absolute Gasteiger partial charge is 0.382 e. The number of hydrogen-bond donors (Lipinski definition) is 1. The second kappa shape index (κ2) is 6.59. The molecular weight excluding hydrogens is 272 g/mol. The van der Waals surface area contributed by atoms with Crippen LogP contribution in [0.1, 0.15) is 31.7 Å². The average molecular weight is 296 g/mol. The third kappa shape index (κ3) is 3.96. The number of hydrogen-bond acceptors (Lipinski definition) is 3. The average Bonchev–Trinajstić information content (AvgIpc) is 2.39. The van der Waals surface area contributed by atoms with Crippen LogP contribution in [0, 0.1) is 6.92 Å². The van der Waals surface area contributed by atoms with Gasteiger partial charge in [0.15, 0.2) is 0 Å². The molecule has 0 saturated carbocycles. The maximum absolute atomic E-state index is 12.0. The molecule has 0 aliphatic carbocycles. The predicted molar refractivity (Wildman–Crippen MR) is 83.5 cm³/mol. The van der Waals surface area contributed by atoms with Crippen LogP contribution < -0.4 is 5.32 Å². The molecule has 112 valence electrons. The van der Waals surface area contributed by atoms with Crippen LogP contribution in [0.15, 0.2) is 24.3 Å². The molecule has 0 spiro atoms. The molecule has 1 aliphatic heterocycles. The topological polar surface area (TPSA) is 49.4 Å². The Morgan fingerprint density at radius 2 is 2.00 bits per heavy atom. The molecule has 1 aromatic carbocycles. The van der Waals surface area contributed by atoms with E-state index in [1.165, 1.54) is 5.56 Å². The van der Waals surface area contributed by atoms with Crippen molar-refractivity contribution in [3.05, 3.63) is 29.8 Å². The monoisotopic (exact) mass is 296 g/mol. The van der Waals surface area contributed by atoms with Crippen molar-refractivity contribution in [2.24, 2.45) is 0 Å². The molecule has 0 radical (unpaired) electrons. The van der Waals surface area contributed by atoms with Gasteiger partial charge in [-0.1, -0.05) is 19.1 Å². The lowest BCUT2D eigenvalue weighted by Crippen LogP contribution is -2.43. The van der Waals surface area contributed by atoms with Gasteiger partial charge in [0.1, 0.15) is 0 Å². The third-order valence-corrected chi connectivity index (χ3v) is 5.77. The van der Waals surface area contributed by atoms with Crippen LogP contribution in [0.3, 0.4) is 0 Å². The summed E-state index contributed by atoms with van der Waals surface area (Å²) in [5.74, 6) is 0.267. The zero-order valence-electron chi connectivity index (χ0n) is 12.3.